The summed E-state index contributed by atoms with van der Waals surface area (Å²) in [5.41, 5.74) is 5.65. The van der Waals surface area contributed by atoms with Gasteiger partial charge in [-0.25, -0.2) is 0 Å². The minimum Gasteiger partial charge on any atom is -0.465 e. The maximum absolute atomic E-state index is 11.3. The minimum absolute atomic E-state index is 0.146. The molecule has 0 saturated heterocycles. The van der Waals surface area contributed by atoms with E-state index >= 15 is 0 Å². The molecule has 0 rings (SSSR count). The third-order valence-corrected chi connectivity index (χ3v) is 2.41. The van der Waals surface area contributed by atoms with Gasteiger partial charge in [-0.05, 0) is 24.7 Å². The average molecular weight is 215 g/mol. The van der Waals surface area contributed by atoms with E-state index in [1.807, 2.05) is 13.8 Å². The number of unbranched alkanes of at least 4 members (excludes halogenated alkanes) is 1. The topological polar surface area (TPSA) is 52.3 Å². The Balaban J connectivity index is 3.47. The highest BCUT2D eigenvalue weighted by atomic mass is 16.5. The SMILES string of the molecule is CC(C)CCCCOC(=O)C(N)C(C)C. The van der Waals surface area contributed by atoms with Crippen molar-refractivity contribution in [3.63, 3.8) is 0 Å². The Morgan fingerprint density at radius 2 is 1.80 bits per heavy atom. The summed E-state index contributed by atoms with van der Waals surface area (Å²) in [5.74, 6) is 0.598. The normalized spacial score (nSPS) is 13.3. The summed E-state index contributed by atoms with van der Waals surface area (Å²) >= 11 is 0. The van der Waals surface area contributed by atoms with Crippen molar-refractivity contribution < 1.29 is 9.53 Å². The van der Waals surface area contributed by atoms with Crippen LogP contribution in [-0.4, -0.2) is 18.6 Å². The van der Waals surface area contributed by atoms with E-state index in [1.54, 1.807) is 0 Å². The number of nitrogens with two attached hydrogens (primary N) is 1. The van der Waals surface area contributed by atoms with E-state index < -0.39 is 6.04 Å². The Morgan fingerprint density at radius 3 is 2.27 bits per heavy atom. The van der Waals surface area contributed by atoms with Crippen molar-refractivity contribution in [2.75, 3.05) is 6.61 Å². The van der Waals surface area contributed by atoms with Gasteiger partial charge in [-0.15, -0.1) is 0 Å². The van der Waals surface area contributed by atoms with E-state index in [-0.39, 0.29) is 11.9 Å². The van der Waals surface area contributed by atoms with Crippen molar-refractivity contribution in [2.24, 2.45) is 17.6 Å². The van der Waals surface area contributed by atoms with Crippen molar-refractivity contribution in [1.82, 2.24) is 0 Å². The Hall–Kier alpha value is -0.570. The van der Waals surface area contributed by atoms with Crippen LogP contribution in [0.5, 0.6) is 0 Å². The number of carbonyl (C=O) groups excluding carboxylic acids is 1. The fraction of sp³-hybridized carbons (Fsp3) is 0.917. The molecule has 0 saturated carbocycles. The Morgan fingerprint density at radius 1 is 1.20 bits per heavy atom. The van der Waals surface area contributed by atoms with E-state index in [2.05, 4.69) is 13.8 Å². The maximum atomic E-state index is 11.3. The lowest BCUT2D eigenvalue weighted by Gasteiger charge is -2.14. The molecule has 0 fully saturated rings. The molecule has 0 aliphatic rings. The molecule has 0 aromatic heterocycles. The number of esters is 1. The van der Waals surface area contributed by atoms with E-state index in [9.17, 15) is 4.79 Å². The van der Waals surface area contributed by atoms with Gasteiger partial charge in [-0.1, -0.05) is 34.1 Å². The average Bonchev–Trinajstić information content (AvgIpc) is 2.15. The number of carbonyl (C=O) groups is 1. The van der Waals surface area contributed by atoms with Gasteiger partial charge < -0.3 is 10.5 Å². The molecule has 0 spiro atoms. The summed E-state index contributed by atoms with van der Waals surface area (Å²) in [6.07, 6.45) is 3.24. The lowest BCUT2D eigenvalue weighted by molar-refractivity contribution is -0.146. The first kappa shape index (κ1) is 14.4. The molecule has 0 heterocycles. The fourth-order valence-electron chi connectivity index (χ4n) is 1.20. The van der Waals surface area contributed by atoms with Gasteiger partial charge in [0.2, 0.25) is 0 Å². The summed E-state index contributed by atoms with van der Waals surface area (Å²) in [6, 6.07) is -0.477. The second kappa shape index (κ2) is 7.69. The zero-order valence-electron chi connectivity index (χ0n) is 10.5. The number of ether oxygens (including phenoxy) is 1. The highest BCUT2D eigenvalue weighted by Gasteiger charge is 2.18. The molecular weight excluding hydrogens is 190 g/mol. The third kappa shape index (κ3) is 7.37. The predicted molar refractivity (Wildman–Crippen MR) is 62.5 cm³/mol. The number of hydrogen-bond acceptors (Lipinski definition) is 3. The molecule has 0 amide bonds. The number of rotatable bonds is 7. The minimum atomic E-state index is -0.477. The van der Waals surface area contributed by atoms with Gasteiger partial charge in [0.05, 0.1) is 6.61 Å². The van der Waals surface area contributed by atoms with Crippen LogP contribution in [0.15, 0.2) is 0 Å². The predicted octanol–water partition coefficient (Wildman–Crippen LogP) is 2.34. The smallest absolute Gasteiger partial charge is 0.323 e. The summed E-state index contributed by atoms with van der Waals surface area (Å²) in [6.45, 7) is 8.74. The second-order valence-corrected chi connectivity index (χ2v) is 4.83. The zero-order chi connectivity index (χ0) is 11.8. The largest absolute Gasteiger partial charge is 0.465 e. The van der Waals surface area contributed by atoms with Crippen LogP contribution >= 0.6 is 0 Å². The van der Waals surface area contributed by atoms with Crippen LogP contribution in [0.25, 0.3) is 0 Å². The first-order valence-electron chi connectivity index (χ1n) is 5.87. The standard InChI is InChI=1S/C12H25NO2/c1-9(2)7-5-6-8-15-12(14)11(13)10(3)4/h9-11H,5-8,13H2,1-4H3. The van der Waals surface area contributed by atoms with Crippen LogP contribution < -0.4 is 5.73 Å². The van der Waals surface area contributed by atoms with Gasteiger partial charge in [0.25, 0.3) is 0 Å². The molecule has 0 aliphatic carbocycles. The quantitative estimate of drug-likeness (QED) is 0.524. The Bertz CT molecular complexity index is 178. The summed E-state index contributed by atoms with van der Waals surface area (Å²) in [4.78, 5) is 11.3. The molecule has 0 bridgehead atoms. The molecule has 2 N–H and O–H groups in total. The summed E-state index contributed by atoms with van der Waals surface area (Å²) in [5, 5.41) is 0. The van der Waals surface area contributed by atoms with Gasteiger partial charge in [0.15, 0.2) is 0 Å². The van der Waals surface area contributed by atoms with E-state index in [0.29, 0.717) is 6.61 Å². The van der Waals surface area contributed by atoms with Gasteiger partial charge in [-0.3, -0.25) is 4.79 Å². The van der Waals surface area contributed by atoms with Crippen molar-refractivity contribution in [2.45, 2.75) is 53.0 Å². The van der Waals surface area contributed by atoms with E-state index in [0.717, 1.165) is 18.8 Å². The van der Waals surface area contributed by atoms with Crippen LogP contribution in [0, 0.1) is 11.8 Å². The monoisotopic (exact) mass is 215 g/mol. The number of hydrogen-bond donors (Lipinski definition) is 1. The molecular formula is C12H25NO2. The zero-order valence-corrected chi connectivity index (χ0v) is 10.5. The highest BCUT2D eigenvalue weighted by molar-refractivity contribution is 5.75. The second-order valence-electron chi connectivity index (χ2n) is 4.83. The third-order valence-electron chi connectivity index (χ3n) is 2.41. The Kier molecular flexibility index (Phi) is 7.39. The van der Waals surface area contributed by atoms with Crippen LogP contribution in [0.1, 0.15) is 47.0 Å². The Labute approximate surface area is 93.4 Å². The first-order chi connectivity index (χ1) is 6.95. The van der Waals surface area contributed by atoms with E-state index in [1.165, 1.54) is 6.42 Å². The van der Waals surface area contributed by atoms with Gasteiger partial charge in [-0.2, -0.15) is 0 Å². The van der Waals surface area contributed by atoms with Gasteiger partial charge in [0.1, 0.15) is 6.04 Å². The molecule has 0 aromatic rings. The van der Waals surface area contributed by atoms with Crippen LogP contribution in [0.2, 0.25) is 0 Å². The van der Waals surface area contributed by atoms with Crippen molar-refractivity contribution in [1.29, 1.82) is 0 Å². The summed E-state index contributed by atoms with van der Waals surface area (Å²) < 4.78 is 5.08. The molecule has 0 aromatic carbocycles. The molecule has 3 nitrogen and oxygen atoms in total. The van der Waals surface area contributed by atoms with E-state index in [4.69, 9.17) is 10.5 Å². The van der Waals surface area contributed by atoms with Crippen molar-refractivity contribution in [3.05, 3.63) is 0 Å². The molecule has 90 valence electrons. The lowest BCUT2D eigenvalue weighted by atomic mass is 10.1. The fourth-order valence-corrected chi connectivity index (χ4v) is 1.20. The first-order valence-corrected chi connectivity index (χ1v) is 5.87. The molecule has 0 radical (unpaired) electrons. The molecule has 0 aliphatic heterocycles. The van der Waals surface area contributed by atoms with Crippen LogP contribution in [0.4, 0.5) is 0 Å². The van der Waals surface area contributed by atoms with Gasteiger partial charge in [0, 0.05) is 0 Å². The van der Waals surface area contributed by atoms with Crippen molar-refractivity contribution in [3.8, 4) is 0 Å². The van der Waals surface area contributed by atoms with Gasteiger partial charge >= 0.3 is 5.97 Å². The molecule has 3 heteroatoms. The maximum Gasteiger partial charge on any atom is 0.323 e. The highest BCUT2D eigenvalue weighted by Crippen LogP contribution is 2.07. The molecule has 15 heavy (non-hydrogen) atoms. The molecule has 1 atom stereocenters. The van der Waals surface area contributed by atoms with Crippen LogP contribution in [-0.2, 0) is 9.53 Å². The summed E-state index contributed by atoms with van der Waals surface area (Å²) in [7, 11) is 0. The lowest BCUT2D eigenvalue weighted by Crippen LogP contribution is -2.37. The van der Waals surface area contributed by atoms with Crippen LogP contribution in [0.3, 0.4) is 0 Å². The molecule has 1 unspecified atom stereocenters. The van der Waals surface area contributed by atoms with Crippen molar-refractivity contribution >= 4 is 5.97 Å².